The minimum atomic E-state index is -4.01. The van der Waals surface area contributed by atoms with Gasteiger partial charge in [0.1, 0.15) is 11.3 Å². The molecule has 144 valence electrons. The molecule has 0 unspecified atom stereocenters. The Balaban J connectivity index is 2.02. The maximum Gasteiger partial charge on any atom is 0.339 e. The monoisotopic (exact) mass is 397 g/mol. The number of rotatable bonds is 7. The summed E-state index contributed by atoms with van der Waals surface area (Å²) in [5.41, 5.74) is 1.15. The lowest BCUT2D eigenvalue weighted by atomic mass is 10.2. The molecule has 3 rings (SSSR count). The van der Waals surface area contributed by atoms with Crippen molar-refractivity contribution in [3.8, 4) is 5.75 Å². The van der Waals surface area contributed by atoms with Crippen molar-refractivity contribution in [2.45, 2.75) is 18.0 Å². The number of aromatic hydroxyl groups is 1. The van der Waals surface area contributed by atoms with Crippen LogP contribution < -0.4 is 0 Å². The summed E-state index contributed by atoms with van der Waals surface area (Å²) in [5, 5.41) is 18.9. The van der Waals surface area contributed by atoms with Crippen molar-refractivity contribution in [2.75, 3.05) is 0 Å². The van der Waals surface area contributed by atoms with Crippen molar-refractivity contribution in [1.29, 1.82) is 0 Å². The van der Waals surface area contributed by atoms with Crippen molar-refractivity contribution in [2.24, 2.45) is 0 Å². The molecule has 7 heteroatoms. The smallest absolute Gasteiger partial charge is 0.339 e. The molecule has 0 saturated heterocycles. The summed E-state index contributed by atoms with van der Waals surface area (Å²) in [7, 11) is -4.01. The lowest BCUT2D eigenvalue weighted by molar-refractivity contribution is 0.0693. The third kappa shape index (κ3) is 4.39. The van der Waals surface area contributed by atoms with Gasteiger partial charge in [-0.05, 0) is 29.3 Å². The molecule has 0 spiro atoms. The highest BCUT2D eigenvalue weighted by Crippen LogP contribution is 2.26. The summed E-state index contributed by atoms with van der Waals surface area (Å²) in [5.74, 6) is -1.88. The van der Waals surface area contributed by atoms with Crippen LogP contribution in [-0.2, 0) is 23.1 Å². The molecule has 0 aliphatic heterocycles. The van der Waals surface area contributed by atoms with Crippen LogP contribution in [0.3, 0.4) is 0 Å². The number of hydrogen-bond donors (Lipinski definition) is 2. The average Bonchev–Trinajstić information content (AvgIpc) is 2.69. The van der Waals surface area contributed by atoms with E-state index in [-0.39, 0.29) is 18.0 Å². The van der Waals surface area contributed by atoms with Crippen molar-refractivity contribution in [3.05, 3.63) is 95.6 Å². The first-order chi connectivity index (χ1) is 13.4. The Morgan fingerprint density at radius 3 is 1.79 bits per heavy atom. The number of sulfonamides is 1. The number of hydrogen-bond acceptors (Lipinski definition) is 4. The molecule has 2 N–H and O–H groups in total. The molecule has 0 amide bonds. The van der Waals surface area contributed by atoms with Gasteiger partial charge in [0.2, 0.25) is 10.0 Å². The second-order valence-electron chi connectivity index (χ2n) is 6.23. The van der Waals surface area contributed by atoms with Crippen LogP contribution in [0.1, 0.15) is 21.5 Å². The van der Waals surface area contributed by atoms with Crippen molar-refractivity contribution >= 4 is 16.0 Å². The molecule has 0 fully saturated rings. The standard InChI is InChI=1S/C21H19NO5S/c23-20-12-11-18(13-19(20)21(24)25)28(26,27)22(14-16-7-3-1-4-8-16)15-17-9-5-2-6-10-17/h1-13,23H,14-15H2,(H,24,25). The van der Waals surface area contributed by atoms with Crippen LogP contribution in [-0.4, -0.2) is 28.9 Å². The van der Waals surface area contributed by atoms with Crippen molar-refractivity contribution < 1.29 is 23.4 Å². The summed E-state index contributed by atoms with van der Waals surface area (Å²) in [4.78, 5) is 11.1. The summed E-state index contributed by atoms with van der Waals surface area (Å²) in [6.07, 6.45) is 0. The maximum atomic E-state index is 13.3. The van der Waals surface area contributed by atoms with E-state index in [0.29, 0.717) is 0 Å². The molecule has 6 nitrogen and oxygen atoms in total. The first kappa shape index (κ1) is 19.6. The Labute approximate surface area is 163 Å². The van der Waals surface area contributed by atoms with Gasteiger partial charge in [0.15, 0.2) is 0 Å². The van der Waals surface area contributed by atoms with Crippen LogP contribution in [0.4, 0.5) is 0 Å². The summed E-state index contributed by atoms with van der Waals surface area (Å²) < 4.78 is 27.8. The number of nitrogens with zero attached hydrogens (tertiary/aromatic N) is 1. The number of benzene rings is 3. The molecule has 28 heavy (non-hydrogen) atoms. The van der Waals surface area contributed by atoms with E-state index < -0.39 is 27.3 Å². The summed E-state index contributed by atoms with van der Waals surface area (Å²) in [6, 6.07) is 21.6. The predicted molar refractivity (Wildman–Crippen MR) is 104 cm³/mol. The largest absolute Gasteiger partial charge is 0.507 e. The molecular weight excluding hydrogens is 378 g/mol. The van der Waals surface area contributed by atoms with Crippen LogP contribution in [0.25, 0.3) is 0 Å². The van der Waals surface area contributed by atoms with Gasteiger partial charge in [-0.25, -0.2) is 13.2 Å². The maximum absolute atomic E-state index is 13.3. The van der Waals surface area contributed by atoms with E-state index >= 15 is 0 Å². The van der Waals surface area contributed by atoms with Gasteiger partial charge in [-0.15, -0.1) is 0 Å². The summed E-state index contributed by atoms with van der Waals surface area (Å²) in [6.45, 7) is 0.253. The highest BCUT2D eigenvalue weighted by molar-refractivity contribution is 7.89. The summed E-state index contributed by atoms with van der Waals surface area (Å²) >= 11 is 0. The Kier molecular flexibility index (Phi) is 5.77. The highest BCUT2D eigenvalue weighted by atomic mass is 32.2. The fourth-order valence-corrected chi connectivity index (χ4v) is 4.24. The topological polar surface area (TPSA) is 94.9 Å². The molecule has 0 radical (unpaired) electrons. The fraction of sp³-hybridized carbons (Fsp3) is 0.0952. The Hall–Kier alpha value is -3.16. The normalized spacial score (nSPS) is 11.5. The zero-order chi connectivity index (χ0) is 20.1. The van der Waals surface area contributed by atoms with Gasteiger partial charge in [-0.2, -0.15) is 4.31 Å². The molecule has 0 aromatic heterocycles. The first-order valence-electron chi connectivity index (χ1n) is 8.52. The zero-order valence-corrected chi connectivity index (χ0v) is 15.7. The highest BCUT2D eigenvalue weighted by Gasteiger charge is 2.26. The fourth-order valence-electron chi connectivity index (χ4n) is 2.80. The van der Waals surface area contributed by atoms with Crippen molar-refractivity contribution in [3.63, 3.8) is 0 Å². The molecule has 0 atom stereocenters. The average molecular weight is 397 g/mol. The minimum Gasteiger partial charge on any atom is -0.507 e. The molecule has 0 aliphatic rings. The Morgan fingerprint density at radius 2 is 1.32 bits per heavy atom. The van der Waals surface area contributed by atoms with Crippen LogP contribution in [0, 0.1) is 0 Å². The third-order valence-electron chi connectivity index (χ3n) is 4.24. The second-order valence-corrected chi connectivity index (χ2v) is 8.17. The van der Waals surface area contributed by atoms with E-state index in [4.69, 9.17) is 0 Å². The lowest BCUT2D eigenvalue weighted by Gasteiger charge is -2.23. The molecule has 0 bridgehead atoms. The van der Waals surface area contributed by atoms with E-state index in [2.05, 4.69) is 0 Å². The van der Waals surface area contributed by atoms with Gasteiger partial charge >= 0.3 is 5.97 Å². The van der Waals surface area contributed by atoms with Crippen molar-refractivity contribution in [1.82, 2.24) is 4.31 Å². The SMILES string of the molecule is O=C(O)c1cc(S(=O)(=O)N(Cc2ccccc2)Cc2ccccc2)ccc1O. The lowest BCUT2D eigenvalue weighted by Crippen LogP contribution is -2.30. The van der Waals surface area contributed by atoms with Crippen LogP contribution in [0.2, 0.25) is 0 Å². The molecule has 0 heterocycles. The number of carboxylic acid groups (broad SMARTS) is 1. The number of aromatic carboxylic acids is 1. The second kappa shape index (κ2) is 8.24. The van der Waals surface area contributed by atoms with E-state index in [9.17, 15) is 23.4 Å². The molecule has 3 aromatic rings. The first-order valence-corrected chi connectivity index (χ1v) is 9.96. The molecule has 0 saturated carbocycles. The molecule has 3 aromatic carbocycles. The molecular formula is C21H19NO5S. The van der Waals surface area contributed by atoms with Gasteiger partial charge < -0.3 is 10.2 Å². The van der Waals surface area contributed by atoms with Crippen LogP contribution in [0.5, 0.6) is 5.75 Å². The van der Waals surface area contributed by atoms with E-state index in [1.165, 1.54) is 10.4 Å². The van der Waals surface area contributed by atoms with E-state index in [1.54, 1.807) is 0 Å². The van der Waals surface area contributed by atoms with Crippen LogP contribution in [0.15, 0.2) is 83.8 Å². The van der Waals surface area contributed by atoms with Gasteiger partial charge in [-0.3, -0.25) is 0 Å². The third-order valence-corrected chi connectivity index (χ3v) is 6.03. The van der Waals surface area contributed by atoms with Crippen LogP contribution >= 0.6 is 0 Å². The predicted octanol–water partition coefficient (Wildman–Crippen LogP) is 3.48. The van der Waals surface area contributed by atoms with Gasteiger partial charge in [0.25, 0.3) is 0 Å². The van der Waals surface area contributed by atoms with Gasteiger partial charge in [0.05, 0.1) is 4.90 Å². The van der Waals surface area contributed by atoms with E-state index in [1.807, 2.05) is 60.7 Å². The number of carbonyl (C=O) groups is 1. The minimum absolute atomic E-state index is 0.126. The number of phenols is 1. The van der Waals surface area contributed by atoms with Gasteiger partial charge in [-0.1, -0.05) is 60.7 Å². The Bertz CT molecular complexity index is 1020. The molecule has 0 aliphatic carbocycles. The number of carboxylic acids is 1. The Morgan fingerprint density at radius 1 is 0.821 bits per heavy atom. The van der Waals surface area contributed by atoms with Gasteiger partial charge in [0, 0.05) is 13.1 Å². The van der Waals surface area contributed by atoms with E-state index in [0.717, 1.165) is 23.3 Å². The quantitative estimate of drug-likeness (QED) is 0.636. The zero-order valence-electron chi connectivity index (χ0n) is 14.9.